The number of nitrogens with zero attached hydrogens (tertiary/aromatic N) is 1. The number of amidine groups is 1. The lowest BCUT2D eigenvalue weighted by atomic mass is 9.93. The van der Waals surface area contributed by atoms with E-state index in [-0.39, 0.29) is 18.0 Å². The average molecular weight is 346 g/mol. The molecule has 3 N–H and O–H groups in total. The van der Waals surface area contributed by atoms with Gasteiger partial charge in [0, 0.05) is 5.56 Å². The highest BCUT2D eigenvalue weighted by Crippen LogP contribution is 2.31. The van der Waals surface area contributed by atoms with Crippen LogP contribution in [-0.2, 0) is 15.7 Å². The molecule has 9 heteroatoms. The first-order valence-corrected chi connectivity index (χ1v) is 7.21. The van der Waals surface area contributed by atoms with Crippen molar-refractivity contribution in [2.24, 2.45) is 10.9 Å². The number of ether oxygens (including phenoxy) is 1. The zero-order valence-corrected chi connectivity index (χ0v) is 13.0. The summed E-state index contributed by atoms with van der Waals surface area (Å²) in [5, 5.41) is 23.0. The van der Waals surface area contributed by atoms with E-state index in [1.165, 1.54) is 6.92 Å². The van der Waals surface area contributed by atoms with E-state index in [1.807, 2.05) is 0 Å². The van der Waals surface area contributed by atoms with Crippen LogP contribution in [0.2, 0.25) is 0 Å². The van der Waals surface area contributed by atoms with E-state index in [2.05, 4.69) is 10.3 Å². The second-order valence-electron chi connectivity index (χ2n) is 5.36. The molecule has 1 aromatic rings. The molecule has 1 aliphatic heterocycles. The molecular weight excluding hydrogens is 329 g/mol. The second kappa shape index (κ2) is 6.40. The SMILES string of the molecule is CCOC(=O)C1(O)N=C(c2ccc(C(F)(F)F)cc2)NC(O)C1C. The Morgan fingerprint density at radius 3 is 2.46 bits per heavy atom. The largest absolute Gasteiger partial charge is 0.462 e. The maximum absolute atomic E-state index is 12.6. The Morgan fingerprint density at radius 2 is 1.96 bits per heavy atom. The summed E-state index contributed by atoms with van der Waals surface area (Å²) >= 11 is 0. The Bertz CT molecular complexity index is 645. The molecule has 1 aliphatic rings. The highest BCUT2D eigenvalue weighted by molar-refractivity contribution is 6.01. The van der Waals surface area contributed by atoms with Crippen molar-refractivity contribution in [3.8, 4) is 0 Å². The van der Waals surface area contributed by atoms with Crippen molar-refractivity contribution in [1.29, 1.82) is 0 Å². The third kappa shape index (κ3) is 3.36. The zero-order chi connectivity index (χ0) is 18.1. The van der Waals surface area contributed by atoms with Crippen molar-refractivity contribution in [2.45, 2.75) is 32.0 Å². The Balaban J connectivity index is 2.40. The molecule has 0 bridgehead atoms. The molecule has 0 amide bonds. The number of hydrogen-bond donors (Lipinski definition) is 3. The third-order valence-corrected chi connectivity index (χ3v) is 3.74. The van der Waals surface area contributed by atoms with Crippen LogP contribution in [0.4, 0.5) is 13.2 Å². The van der Waals surface area contributed by atoms with E-state index in [0.29, 0.717) is 0 Å². The van der Waals surface area contributed by atoms with Gasteiger partial charge >= 0.3 is 12.1 Å². The van der Waals surface area contributed by atoms with Gasteiger partial charge in [0.2, 0.25) is 0 Å². The maximum Gasteiger partial charge on any atom is 0.416 e. The molecule has 0 fully saturated rings. The summed E-state index contributed by atoms with van der Waals surface area (Å²) < 4.78 is 42.6. The molecule has 0 aromatic heterocycles. The maximum atomic E-state index is 12.6. The quantitative estimate of drug-likeness (QED) is 0.717. The van der Waals surface area contributed by atoms with E-state index in [1.54, 1.807) is 6.92 Å². The summed E-state index contributed by atoms with van der Waals surface area (Å²) in [5.41, 5.74) is -3.01. The van der Waals surface area contributed by atoms with Gasteiger partial charge in [-0.1, -0.05) is 19.1 Å². The Labute approximate surface area is 136 Å². The molecule has 0 aliphatic carbocycles. The Kier molecular flexibility index (Phi) is 4.86. The van der Waals surface area contributed by atoms with Crippen molar-refractivity contribution in [3.63, 3.8) is 0 Å². The van der Waals surface area contributed by atoms with Gasteiger partial charge in [0.1, 0.15) is 12.1 Å². The molecule has 0 saturated carbocycles. The minimum atomic E-state index is -4.49. The highest BCUT2D eigenvalue weighted by atomic mass is 19.4. The lowest BCUT2D eigenvalue weighted by molar-refractivity contribution is -0.176. The predicted molar refractivity (Wildman–Crippen MR) is 77.9 cm³/mol. The number of alkyl halides is 3. The smallest absolute Gasteiger partial charge is 0.416 e. The van der Waals surface area contributed by atoms with E-state index < -0.39 is 35.6 Å². The number of aliphatic imine (C=N–C) groups is 1. The first kappa shape index (κ1) is 18.2. The second-order valence-corrected chi connectivity index (χ2v) is 5.36. The number of nitrogens with one attached hydrogen (secondary N) is 1. The van der Waals surface area contributed by atoms with Gasteiger partial charge in [-0.3, -0.25) is 0 Å². The van der Waals surface area contributed by atoms with Gasteiger partial charge < -0.3 is 20.3 Å². The summed E-state index contributed by atoms with van der Waals surface area (Å²) in [7, 11) is 0. The topological polar surface area (TPSA) is 91.2 Å². The summed E-state index contributed by atoms with van der Waals surface area (Å²) in [4.78, 5) is 15.8. The number of carbonyl (C=O) groups excluding carboxylic acids is 1. The molecule has 24 heavy (non-hydrogen) atoms. The average Bonchev–Trinajstić information content (AvgIpc) is 2.51. The van der Waals surface area contributed by atoms with Crippen molar-refractivity contribution >= 4 is 11.8 Å². The predicted octanol–water partition coefficient (Wildman–Crippen LogP) is 1.26. The first-order valence-electron chi connectivity index (χ1n) is 7.21. The Hall–Kier alpha value is -2.13. The van der Waals surface area contributed by atoms with Crippen LogP contribution in [0.1, 0.15) is 25.0 Å². The van der Waals surface area contributed by atoms with E-state index in [4.69, 9.17) is 4.74 Å². The van der Waals surface area contributed by atoms with Crippen molar-refractivity contribution in [2.75, 3.05) is 6.61 Å². The molecular formula is C15H17F3N2O4. The number of aliphatic hydroxyl groups excluding tert-OH is 1. The molecule has 6 nitrogen and oxygen atoms in total. The number of hydrogen-bond acceptors (Lipinski definition) is 6. The van der Waals surface area contributed by atoms with Gasteiger partial charge in [-0.2, -0.15) is 13.2 Å². The summed E-state index contributed by atoms with van der Waals surface area (Å²) in [5.74, 6) is -2.16. The van der Waals surface area contributed by atoms with Crippen molar-refractivity contribution < 1.29 is 32.9 Å². The molecule has 1 heterocycles. The van der Waals surface area contributed by atoms with Gasteiger partial charge in [0.15, 0.2) is 0 Å². The third-order valence-electron chi connectivity index (χ3n) is 3.74. The van der Waals surface area contributed by atoms with Crippen LogP contribution in [0.15, 0.2) is 29.3 Å². The molecule has 132 valence electrons. The van der Waals surface area contributed by atoms with Crippen molar-refractivity contribution in [3.05, 3.63) is 35.4 Å². The molecule has 1 aromatic carbocycles. The number of carbonyl (C=O) groups is 1. The molecule has 3 atom stereocenters. The monoisotopic (exact) mass is 346 g/mol. The number of benzene rings is 1. The van der Waals surface area contributed by atoms with Gasteiger partial charge in [-0.15, -0.1) is 0 Å². The van der Waals surface area contributed by atoms with Gasteiger partial charge in [-0.25, -0.2) is 9.79 Å². The minimum Gasteiger partial charge on any atom is -0.462 e. The molecule has 0 saturated heterocycles. The lowest BCUT2D eigenvalue weighted by Crippen LogP contribution is -2.59. The summed E-state index contributed by atoms with van der Waals surface area (Å²) in [6.45, 7) is 2.94. The number of halogens is 3. The molecule has 0 radical (unpaired) electrons. The van der Waals surface area contributed by atoms with E-state index >= 15 is 0 Å². The fourth-order valence-electron chi connectivity index (χ4n) is 2.22. The fourth-order valence-corrected chi connectivity index (χ4v) is 2.22. The first-order chi connectivity index (χ1) is 11.1. The number of esters is 1. The highest BCUT2D eigenvalue weighted by Gasteiger charge is 2.49. The van der Waals surface area contributed by atoms with Gasteiger partial charge in [0.25, 0.3) is 5.72 Å². The zero-order valence-electron chi connectivity index (χ0n) is 13.0. The van der Waals surface area contributed by atoms with Crippen molar-refractivity contribution in [1.82, 2.24) is 5.32 Å². The van der Waals surface area contributed by atoms with E-state index in [0.717, 1.165) is 24.3 Å². The van der Waals surface area contributed by atoms with Gasteiger partial charge in [0.05, 0.1) is 18.1 Å². The summed E-state index contributed by atoms with van der Waals surface area (Å²) in [6, 6.07) is 3.94. The normalized spacial score (nSPS) is 27.2. The fraction of sp³-hybridized carbons (Fsp3) is 0.467. The van der Waals surface area contributed by atoms with E-state index in [9.17, 15) is 28.2 Å². The van der Waals surface area contributed by atoms with Crippen LogP contribution in [-0.4, -0.2) is 40.6 Å². The van der Waals surface area contributed by atoms with Gasteiger partial charge in [-0.05, 0) is 19.1 Å². The van der Waals surface area contributed by atoms with Crippen LogP contribution in [0.3, 0.4) is 0 Å². The minimum absolute atomic E-state index is 0.00250. The molecule has 0 spiro atoms. The van der Waals surface area contributed by atoms with Crippen LogP contribution in [0.5, 0.6) is 0 Å². The Morgan fingerprint density at radius 1 is 1.38 bits per heavy atom. The lowest BCUT2D eigenvalue weighted by Gasteiger charge is -2.37. The standard InChI is InChI=1S/C15H17F3N2O4/c1-3-24-13(22)14(23)8(2)12(21)19-11(20-14)9-4-6-10(7-5-9)15(16,17)18/h4-8,12,21,23H,3H2,1-2H3,(H,19,20). The van der Waals surface area contributed by atoms with Crippen LogP contribution >= 0.6 is 0 Å². The van der Waals surface area contributed by atoms with Crippen LogP contribution < -0.4 is 5.32 Å². The molecule has 2 rings (SSSR count). The number of rotatable bonds is 3. The molecule has 3 unspecified atom stereocenters. The van der Waals surface area contributed by atoms with Crippen LogP contribution in [0.25, 0.3) is 0 Å². The summed E-state index contributed by atoms with van der Waals surface area (Å²) in [6.07, 6.45) is -5.82. The number of aliphatic hydroxyl groups is 2. The van der Waals surface area contributed by atoms with Crippen LogP contribution in [0, 0.1) is 5.92 Å².